The highest BCUT2D eigenvalue weighted by Crippen LogP contribution is 2.25. The predicted octanol–water partition coefficient (Wildman–Crippen LogP) is 1.08. The van der Waals surface area contributed by atoms with E-state index in [0.717, 1.165) is 30.9 Å². The summed E-state index contributed by atoms with van der Waals surface area (Å²) in [5, 5.41) is 4.38. The van der Waals surface area contributed by atoms with Crippen molar-refractivity contribution in [2.45, 2.75) is 25.8 Å². The largest absolute Gasteiger partial charge is 0.335 e. The van der Waals surface area contributed by atoms with Crippen molar-refractivity contribution in [3.05, 3.63) is 41.9 Å². The minimum atomic E-state index is -0.129. The first kappa shape index (κ1) is 18.6. The summed E-state index contributed by atoms with van der Waals surface area (Å²) in [6, 6.07) is 7.21. The summed E-state index contributed by atoms with van der Waals surface area (Å²) in [6.07, 6.45) is 3.47. The molecule has 2 amide bonds. The second kappa shape index (κ2) is 7.71. The molecule has 1 atom stereocenters. The van der Waals surface area contributed by atoms with Crippen LogP contribution in [-0.4, -0.2) is 75.1 Å². The number of hydrogen-bond acceptors (Lipinski definition) is 5. The summed E-state index contributed by atoms with van der Waals surface area (Å²) in [5.41, 5.74) is 1.39. The van der Waals surface area contributed by atoms with E-state index in [-0.39, 0.29) is 17.9 Å². The molecule has 28 heavy (non-hydrogen) atoms. The number of aryl methyl sites for hydroxylation is 2. The van der Waals surface area contributed by atoms with Crippen LogP contribution in [0, 0.1) is 6.92 Å². The number of piperidine rings is 1. The molecule has 2 fully saturated rings. The van der Waals surface area contributed by atoms with Crippen LogP contribution in [0.5, 0.6) is 0 Å². The monoisotopic (exact) mass is 382 g/mol. The Morgan fingerprint density at radius 2 is 1.93 bits per heavy atom. The number of carbonyl (C=O) groups excluding carboxylic acids is 2. The van der Waals surface area contributed by atoms with Gasteiger partial charge in [0, 0.05) is 52.0 Å². The Morgan fingerprint density at radius 3 is 2.57 bits per heavy atom. The van der Waals surface area contributed by atoms with Gasteiger partial charge in [-0.3, -0.25) is 29.1 Å². The highest BCUT2D eigenvalue weighted by molar-refractivity contribution is 5.97. The standard InChI is InChI=1S/C20H26N6O2/c1-15-14-18(23(2)22-15)26-9-5-7-17(20(26)28)24-10-12-25(13-11-24)19(27)16-6-3-4-8-21-16/h3-4,6,8,14,17H,5,7,9-13H2,1-2H3. The summed E-state index contributed by atoms with van der Waals surface area (Å²) < 4.78 is 1.78. The lowest BCUT2D eigenvalue weighted by Gasteiger charge is -2.42. The van der Waals surface area contributed by atoms with Gasteiger partial charge < -0.3 is 4.90 Å². The lowest BCUT2D eigenvalue weighted by Crippen LogP contribution is -2.58. The Labute approximate surface area is 164 Å². The number of piperazine rings is 1. The number of aromatic nitrogens is 3. The number of pyridine rings is 1. The molecule has 8 nitrogen and oxygen atoms in total. The zero-order valence-corrected chi connectivity index (χ0v) is 16.4. The Kier molecular flexibility index (Phi) is 5.13. The van der Waals surface area contributed by atoms with Crippen LogP contribution in [-0.2, 0) is 11.8 Å². The van der Waals surface area contributed by atoms with Crippen LogP contribution in [0.2, 0.25) is 0 Å². The maximum atomic E-state index is 13.2. The molecule has 148 valence electrons. The van der Waals surface area contributed by atoms with E-state index in [1.165, 1.54) is 0 Å². The number of carbonyl (C=O) groups is 2. The molecule has 2 aliphatic rings. The van der Waals surface area contributed by atoms with Crippen LogP contribution in [0.15, 0.2) is 30.5 Å². The van der Waals surface area contributed by atoms with Crippen LogP contribution in [0.1, 0.15) is 29.0 Å². The van der Waals surface area contributed by atoms with E-state index >= 15 is 0 Å². The molecule has 2 aromatic rings. The number of hydrogen-bond donors (Lipinski definition) is 0. The molecule has 2 aromatic heterocycles. The van der Waals surface area contributed by atoms with Gasteiger partial charge in [-0.15, -0.1) is 0 Å². The van der Waals surface area contributed by atoms with Gasteiger partial charge in [-0.25, -0.2) is 0 Å². The molecule has 0 bridgehead atoms. The van der Waals surface area contributed by atoms with Crippen molar-refractivity contribution in [2.75, 3.05) is 37.6 Å². The van der Waals surface area contributed by atoms with Crippen molar-refractivity contribution in [3.63, 3.8) is 0 Å². The minimum Gasteiger partial charge on any atom is -0.335 e. The minimum absolute atomic E-state index is 0.0396. The van der Waals surface area contributed by atoms with Crippen LogP contribution in [0.3, 0.4) is 0 Å². The van der Waals surface area contributed by atoms with Crippen LogP contribution in [0.25, 0.3) is 0 Å². The normalized spacial score (nSPS) is 21.2. The van der Waals surface area contributed by atoms with Gasteiger partial charge in [-0.2, -0.15) is 5.10 Å². The molecule has 8 heteroatoms. The average molecular weight is 382 g/mol. The molecule has 2 saturated heterocycles. The lowest BCUT2D eigenvalue weighted by molar-refractivity contribution is -0.126. The second-order valence-corrected chi connectivity index (χ2v) is 7.46. The number of amides is 2. The first-order valence-corrected chi connectivity index (χ1v) is 9.81. The van der Waals surface area contributed by atoms with Crippen molar-refractivity contribution in [3.8, 4) is 0 Å². The topological polar surface area (TPSA) is 74.6 Å². The molecule has 2 aliphatic heterocycles. The third kappa shape index (κ3) is 3.52. The average Bonchev–Trinajstić information content (AvgIpc) is 3.06. The highest BCUT2D eigenvalue weighted by atomic mass is 16.2. The van der Waals surface area contributed by atoms with E-state index in [2.05, 4.69) is 15.0 Å². The zero-order valence-electron chi connectivity index (χ0n) is 16.4. The summed E-state index contributed by atoms with van der Waals surface area (Å²) in [7, 11) is 1.88. The molecule has 0 radical (unpaired) electrons. The molecule has 1 unspecified atom stereocenters. The fourth-order valence-corrected chi connectivity index (χ4v) is 4.16. The van der Waals surface area contributed by atoms with Crippen LogP contribution in [0.4, 0.5) is 5.82 Å². The van der Waals surface area contributed by atoms with Gasteiger partial charge in [0.1, 0.15) is 11.5 Å². The first-order valence-electron chi connectivity index (χ1n) is 9.81. The van der Waals surface area contributed by atoms with Gasteiger partial charge in [0.25, 0.3) is 5.91 Å². The fraction of sp³-hybridized carbons (Fsp3) is 0.500. The smallest absolute Gasteiger partial charge is 0.272 e. The highest BCUT2D eigenvalue weighted by Gasteiger charge is 2.37. The quantitative estimate of drug-likeness (QED) is 0.794. The summed E-state index contributed by atoms with van der Waals surface area (Å²) in [6.45, 7) is 5.30. The number of nitrogens with zero attached hydrogens (tertiary/aromatic N) is 6. The van der Waals surface area contributed by atoms with Gasteiger partial charge in [0.2, 0.25) is 5.91 Å². The third-order valence-corrected chi connectivity index (χ3v) is 5.59. The van der Waals surface area contributed by atoms with Gasteiger partial charge in [0.05, 0.1) is 11.7 Å². The van der Waals surface area contributed by atoms with Crippen molar-refractivity contribution in [2.24, 2.45) is 7.05 Å². The van der Waals surface area contributed by atoms with E-state index in [1.807, 2.05) is 35.9 Å². The Morgan fingerprint density at radius 1 is 1.14 bits per heavy atom. The van der Waals surface area contributed by atoms with Crippen molar-refractivity contribution in [1.82, 2.24) is 24.6 Å². The Hall–Kier alpha value is -2.74. The van der Waals surface area contributed by atoms with E-state index in [4.69, 9.17) is 0 Å². The van der Waals surface area contributed by atoms with Gasteiger partial charge in [-0.1, -0.05) is 6.07 Å². The van der Waals surface area contributed by atoms with Crippen LogP contribution < -0.4 is 4.90 Å². The van der Waals surface area contributed by atoms with Gasteiger partial charge in [-0.05, 0) is 31.9 Å². The first-order chi connectivity index (χ1) is 13.5. The SMILES string of the molecule is Cc1cc(N2CCCC(N3CCN(C(=O)c4ccccn4)CC3)C2=O)n(C)n1. The summed E-state index contributed by atoms with van der Waals surface area (Å²) in [4.78, 5) is 35.8. The molecule has 0 saturated carbocycles. The van der Waals surface area contributed by atoms with Crippen molar-refractivity contribution >= 4 is 17.6 Å². The van der Waals surface area contributed by atoms with E-state index in [1.54, 1.807) is 23.0 Å². The predicted molar refractivity (Wildman–Crippen MR) is 105 cm³/mol. The van der Waals surface area contributed by atoms with Crippen LogP contribution >= 0.6 is 0 Å². The van der Waals surface area contributed by atoms with Crippen molar-refractivity contribution < 1.29 is 9.59 Å². The molecule has 4 rings (SSSR count). The van der Waals surface area contributed by atoms with E-state index < -0.39 is 0 Å². The molecule has 4 heterocycles. The van der Waals surface area contributed by atoms with E-state index in [9.17, 15) is 9.59 Å². The fourth-order valence-electron chi connectivity index (χ4n) is 4.16. The Balaban J connectivity index is 1.41. The lowest BCUT2D eigenvalue weighted by atomic mass is 10.0. The maximum Gasteiger partial charge on any atom is 0.272 e. The Bertz CT molecular complexity index is 857. The molecular formula is C20H26N6O2. The summed E-state index contributed by atoms with van der Waals surface area (Å²) >= 11 is 0. The molecular weight excluding hydrogens is 356 g/mol. The maximum absolute atomic E-state index is 13.2. The van der Waals surface area contributed by atoms with Gasteiger partial charge >= 0.3 is 0 Å². The van der Waals surface area contributed by atoms with Gasteiger partial charge in [0.15, 0.2) is 0 Å². The molecule has 0 aliphatic carbocycles. The second-order valence-electron chi connectivity index (χ2n) is 7.46. The summed E-state index contributed by atoms with van der Waals surface area (Å²) in [5.74, 6) is 0.956. The molecule has 0 aromatic carbocycles. The molecule has 0 N–H and O–H groups in total. The van der Waals surface area contributed by atoms with Crippen molar-refractivity contribution in [1.29, 1.82) is 0 Å². The van der Waals surface area contributed by atoms with E-state index in [0.29, 0.717) is 31.9 Å². The number of rotatable bonds is 3. The number of anilines is 1. The third-order valence-electron chi connectivity index (χ3n) is 5.59. The zero-order chi connectivity index (χ0) is 19.7. The molecule has 0 spiro atoms.